The third-order valence-corrected chi connectivity index (χ3v) is 12.1. The van der Waals surface area contributed by atoms with Crippen molar-refractivity contribution < 1.29 is 48.4 Å². The molecule has 3 heterocycles. The van der Waals surface area contributed by atoms with Crippen LogP contribution < -0.4 is 25.4 Å². The van der Waals surface area contributed by atoms with Gasteiger partial charge in [0.1, 0.15) is 47.0 Å². The van der Waals surface area contributed by atoms with Crippen LogP contribution in [0.2, 0.25) is 0 Å². The summed E-state index contributed by atoms with van der Waals surface area (Å²) in [5.41, 5.74) is -0.932. The van der Waals surface area contributed by atoms with Gasteiger partial charge in [-0.25, -0.2) is 24.4 Å². The summed E-state index contributed by atoms with van der Waals surface area (Å²) in [6.07, 6.45) is 2.71. The van der Waals surface area contributed by atoms with Crippen molar-refractivity contribution in [2.45, 2.75) is 103 Å². The highest BCUT2D eigenvalue weighted by atomic mass is 32.1. The van der Waals surface area contributed by atoms with E-state index in [4.69, 9.17) is 24.2 Å². The van der Waals surface area contributed by atoms with Gasteiger partial charge < -0.3 is 45.3 Å². The van der Waals surface area contributed by atoms with E-state index < -0.39 is 71.5 Å². The van der Waals surface area contributed by atoms with Gasteiger partial charge in [0, 0.05) is 41.3 Å². The van der Waals surface area contributed by atoms with Crippen molar-refractivity contribution in [3.63, 3.8) is 0 Å². The molecule has 3 saturated carbocycles. The summed E-state index contributed by atoms with van der Waals surface area (Å²) in [6, 6.07) is 4.48. The van der Waals surface area contributed by atoms with Crippen molar-refractivity contribution in [2.24, 2.45) is 23.2 Å². The molecule has 310 valence electrons. The Labute approximate surface area is 339 Å². The number of benzene rings is 1. The molecule has 58 heavy (non-hydrogen) atoms. The lowest BCUT2D eigenvalue weighted by atomic mass is 9.85. The number of hydrogen-bond acceptors (Lipinski definition) is 12. The quantitative estimate of drug-likeness (QED) is 0.127. The van der Waals surface area contributed by atoms with E-state index in [0.29, 0.717) is 45.0 Å². The Balaban J connectivity index is 1.19. The molecule has 1 aromatic carbocycles. The van der Waals surface area contributed by atoms with Crippen molar-refractivity contribution in [1.82, 2.24) is 25.5 Å². The van der Waals surface area contributed by atoms with Crippen LogP contribution in [0.15, 0.2) is 42.3 Å². The molecular weight excluding hydrogens is 769 g/mol. The topological polar surface area (TPSA) is 219 Å². The number of fused-ring (bicyclic) bond motifs is 2. The maximum atomic E-state index is 14.7. The van der Waals surface area contributed by atoms with Crippen molar-refractivity contribution >= 4 is 57.2 Å². The maximum Gasteiger partial charge on any atom is 0.408 e. The molecule has 2 aromatic heterocycles. The minimum atomic E-state index is -1.55. The molecule has 3 aliphatic carbocycles. The van der Waals surface area contributed by atoms with Gasteiger partial charge in [0.05, 0.1) is 17.8 Å². The number of aromatic nitrogens is 2. The van der Waals surface area contributed by atoms with E-state index in [1.54, 1.807) is 45.0 Å². The van der Waals surface area contributed by atoms with Gasteiger partial charge in [-0.1, -0.05) is 26.8 Å². The second-order valence-electron chi connectivity index (χ2n) is 17.2. The fraction of sp³-hybridized carbons (Fsp3) is 0.537. The van der Waals surface area contributed by atoms with Gasteiger partial charge in [-0.2, -0.15) is 0 Å². The summed E-state index contributed by atoms with van der Waals surface area (Å²) in [4.78, 5) is 76.6. The molecule has 1 aliphatic heterocycles. The van der Waals surface area contributed by atoms with Gasteiger partial charge in [0.25, 0.3) is 0 Å². The van der Waals surface area contributed by atoms with Gasteiger partial charge >= 0.3 is 18.0 Å². The van der Waals surface area contributed by atoms with E-state index >= 15 is 0 Å². The summed E-state index contributed by atoms with van der Waals surface area (Å²) in [6.45, 7) is 12.5. The van der Waals surface area contributed by atoms with Crippen LogP contribution in [0.3, 0.4) is 0 Å². The minimum Gasteiger partial charge on any atom is -0.488 e. The molecule has 0 spiro atoms. The van der Waals surface area contributed by atoms with E-state index in [1.165, 1.54) is 22.3 Å². The van der Waals surface area contributed by atoms with Crippen molar-refractivity contribution in [2.75, 3.05) is 18.5 Å². The fourth-order valence-corrected chi connectivity index (χ4v) is 8.94. The zero-order chi connectivity index (χ0) is 41.7. The third kappa shape index (κ3) is 8.68. The highest BCUT2D eigenvalue weighted by Gasteiger charge is 2.61. The average molecular weight is 819 g/mol. The molecule has 3 unspecified atom stereocenters. The zero-order valence-electron chi connectivity index (χ0n) is 33.2. The van der Waals surface area contributed by atoms with Gasteiger partial charge in [-0.3, -0.25) is 9.59 Å². The van der Waals surface area contributed by atoms with Crippen molar-refractivity contribution in [3.05, 3.63) is 42.3 Å². The highest BCUT2D eigenvalue weighted by molar-refractivity contribution is 7.14. The number of carboxylic acid groups (broad SMARTS) is 2. The van der Waals surface area contributed by atoms with E-state index in [0.717, 1.165) is 19.3 Å². The van der Waals surface area contributed by atoms with Gasteiger partial charge in [-0.05, 0) is 68.9 Å². The van der Waals surface area contributed by atoms with E-state index in [1.807, 2.05) is 19.2 Å². The number of likely N-dealkylation sites (tertiary alicyclic amines) is 1. The second-order valence-corrected chi connectivity index (χ2v) is 18.1. The molecule has 4 aliphatic rings. The Kier molecular flexibility index (Phi) is 11.0. The number of rotatable bonds is 15. The Bertz CT molecular complexity index is 2120. The monoisotopic (exact) mass is 818 g/mol. The maximum absolute atomic E-state index is 14.7. The minimum absolute atomic E-state index is 0.00367. The van der Waals surface area contributed by atoms with Gasteiger partial charge in [-0.15, -0.1) is 17.9 Å². The van der Waals surface area contributed by atoms with Crippen LogP contribution in [-0.4, -0.2) is 104 Å². The number of pyridine rings is 1. The number of carbonyl (C=O) groups excluding carboxylic acids is 3. The van der Waals surface area contributed by atoms with Crippen LogP contribution >= 0.6 is 11.3 Å². The molecule has 8 atom stereocenters. The van der Waals surface area contributed by atoms with Crippen LogP contribution in [-0.2, 0) is 23.9 Å². The molecular formula is C41H50N6O10S. The number of ether oxygens (including phenoxy) is 3. The molecule has 17 heteroatoms. The summed E-state index contributed by atoms with van der Waals surface area (Å²) in [5, 5.41) is 31.2. The fourth-order valence-electron chi connectivity index (χ4n) is 8.09. The Morgan fingerprint density at radius 2 is 1.78 bits per heavy atom. The first kappa shape index (κ1) is 40.7. The largest absolute Gasteiger partial charge is 0.488 e. The Hall–Kier alpha value is -5.45. The first-order valence-corrected chi connectivity index (χ1v) is 20.5. The van der Waals surface area contributed by atoms with E-state index in [9.17, 15) is 34.2 Å². The Morgan fingerprint density at radius 3 is 2.41 bits per heavy atom. The van der Waals surface area contributed by atoms with Crippen LogP contribution in [0.4, 0.5) is 9.93 Å². The number of carbonyl (C=O) groups is 5. The smallest absolute Gasteiger partial charge is 0.408 e. The number of thiazole rings is 1. The molecule has 1 saturated heterocycles. The number of nitrogens with zero attached hydrogens (tertiary/aromatic N) is 3. The van der Waals surface area contributed by atoms with E-state index in [-0.39, 0.29) is 37.3 Å². The number of aliphatic carboxylic acids is 2. The normalized spacial score (nSPS) is 26.3. The predicted octanol–water partition coefficient (Wildman–Crippen LogP) is 5.08. The highest BCUT2D eigenvalue weighted by Crippen LogP contribution is 2.52. The summed E-state index contributed by atoms with van der Waals surface area (Å²) in [7, 11) is 0. The van der Waals surface area contributed by atoms with Gasteiger partial charge in [0.2, 0.25) is 11.8 Å². The zero-order valence-corrected chi connectivity index (χ0v) is 34.0. The first-order valence-electron chi connectivity index (χ1n) is 19.6. The lowest BCUT2D eigenvalue weighted by molar-refractivity contribution is -0.146. The molecule has 16 nitrogen and oxygen atoms in total. The summed E-state index contributed by atoms with van der Waals surface area (Å²) in [5.74, 6) is -2.24. The number of amides is 3. The lowest BCUT2D eigenvalue weighted by Gasteiger charge is -2.35. The molecule has 0 radical (unpaired) electrons. The van der Waals surface area contributed by atoms with Gasteiger partial charge in [0.15, 0.2) is 11.7 Å². The molecule has 5 N–H and O–H groups in total. The summed E-state index contributed by atoms with van der Waals surface area (Å²) >= 11 is 1.40. The molecule has 7 rings (SSSR count). The number of nitrogens with one attached hydrogen (secondary N) is 3. The molecule has 4 fully saturated rings. The average Bonchev–Trinajstić information content (AvgIpc) is 3.82. The Morgan fingerprint density at radius 1 is 1.03 bits per heavy atom. The van der Waals surface area contributed by atoms with E-state index in [2.05, 4.69) is 22.5 Å². The lowest BCUT2D eigenvalue weighted by Crippen LogP contribution is -2.59. The molecule has 3 aromatic rings. The standard InChI is InChI=1S/C41H50N6O10S/c1-7-23-16-41(23,37(52)53)46-35(50)31-14-26(17-47(31)36(51)34(40(4,5)6)45-39(54)57-25-11-21-10-22(21)12-25)56-32-15-29(30-19-58-38(44-30)42-20(2)3)43-28-13-24(8-9-27(28)32)55-18-33(48)49/h7-9,13,15,19-23,25-26,31,34H,1,10-12,14,16-18H2,2-6H3,(H,42,44)(H,45,54)(H,46,50)(H,48,49)(H,52,53)/t21-,22+,23?,25?,26?,31-,34+,41+/m0/s1. The molecule has 0 bridgehead atoms. The van der Waals surface area contributed by atoms with Crippen LogP contribution in [0.1, 0.15) is 66.7 Å². The number of carboxylic acids is 2. The van der Waals surface area contributed by atoms with Crippen molar-refractivity contribution in [3.8, 4) is 22.9 Å². The second kappa shape index (κ2) is 15.7. The van der Waals surface area contributed by atoms with Crippen molar-refractivity contribution in [1.29, 1.82) is 0 Å². The first-order chi connectivity index (χ1) is 27.4. The van der Waals surface area contributed by atoms with Crippen LogP contribution in [0.25, 0.3) is 22.3 Å². The number of anilines is 1. The predicted molar refractivity (Wildman–Crippen MR) is 214 cm³/mol. The van der Waals surface area contributed by atoms with Crippen LogP contribution in [0, 0.1) is 23.2 Å². The third-order valence-electron chi connectivity index (χ3n) is 11.3. The molecule has 3 amide bonds. The van der Waals surface area contributed by atoms with Crippen LogP contribution in [0.5, 0.6) is 11.5 Å². The number of alkyl carbamates (subject to hydrolysis) is 1. The SMILES string of the molecule is C=CC1C[C@]1(NC(=O)[C@@H]1CC(Oc2cc(-c3csc(NC(C)C)n3)nc3cc(OCC(=O)O)ccc23)CN1C(=O)[C@@H](NC(=O)OC1C[C@@H]2C[C@@H]2C1)C(C)(C)C)C(=O)O. The number of hydrogen-bond donors (Lipinski definition) is 5. The summed E-state index contributed by atoms with van der Waals surface area (Å²) < 4.78 is 17.9.